The van der Waals surface area contributed by atoms with E-state index in [0.717, 1.165) is 19.3 Å². The normalized spacial score (nSPS) is 16.9. The van der Waals surface area contributed by atoms with Crippen LogP contribution in [0.2, 0.25) is 0 Å². The first-order valence-electron chi connectivity index (χ1n) is 7.88. The Balaban J connectivity index is 1.98. The van der Waals surface area contributed by atoms with E-state index in [1.807, 2.05) is 0 Å². The van der Waals surface area contributed by atoms with E-state index in [4.69, 9.17) is 4.74 Å². The minimum absolute atomic E-state index is 0.0937. The lowest BCUT2D eigenvalue weighted by Crippen LogP contribution is -2.40. The van der Waals surface area contributed by atoms with Crippen LogP contribution >= 0.6 is 0 Å². The number of rotatable bonds is 7. The van der Waals surface area contributed by atoms with Crippen molar-refractivity contribution in [2.24, 2.45) is 0 Å². The number of nitrogens with one attached hydrogen (secondary N) is 1. The maximum absolute atomic E-state index is 12.3. The van der Waals surface area contributed by atoms with Gasteiger partial charge in [-0.25, -0.2) is 25.9 Å². The molecule has 0 radical (unpaired) electrons. The molecule has 7 nitrogen and oxygen atoms in total. The summed E-state index contributed by atoms with van der Waals surface area (Å²) < 4.78 is 57.9. The average Bonchev–Trinajstić information content (AvgIpc) is 2.55. The highest BCUT2D eigenvalue weighted by Gasteiger charge is 2.24. The van der Waals surface area contributed by atoms with E-state index in [-0.39, 0.29) is 17.2 Å². The number of benzene rings is 1. The van der Waals surface area contributed by atoms with Gasteiger partial charge >= 0.3 is 0 Å². The summed E-state index contributed by atoms with van der Waals surface area (Å²) >= 11 is 0. The fraction of sp³-hybridized carbons (Fsp3) is 0.600. The van der Waals surface area contributed by atoms with Crippen molar-refractivity contribution in [1.29, 1.82) is 0 Å². The van der Waals surface area contributed by atoms with E-state index >= 15 is 0 Å². The predicted molar refractivity (Wildman–Crippen MR) is 92.1 cm³/mol. The van der Waals surface area contributed by atoms with Crippen LogP contribution in [0.3, 0.4) is 0 Å². The zero-order valence-electron chi connectivity index (χ0n) is 14.0. The van der Waals surface area contributed by atoms with Gasteiger partial charge in [-0.05, 0) is 43.5 Å². The van der Waals surface area contributed by atoms with Gasteiger partial charge in [0.15, 0.2) is 0 Å². The average molecular weight is 377 g/mol. The van der Waals surface area contributed by atoms with Crippen LogP contribution in [0.5, 0.6) is 5.75 Å². The van der Waals surface area contributed by atoms with Gasteiger partial charge in [0.2, 0.25) is 20.0 Å². The SMILES string of the molecule is COc1ccc(S(=O)(=O)NCCS(=O)(=O)N2CCCCC2)cc1C. The third-order valence-corrected chi connectivity index (χ3v) is 7.37. The molecule has 136 valence electrons. The molecule has 9 heteroatoms. The second-order valence-corrected chi connectivity index (χ2v) is 9.66. The highest BCUT2D eigenvalue weighted by Crippen LogP contribution is 2.21. The Hall–Kier alpha value is -1.16. The minimum atomic E-state index is -3.75. The van der Waals surface area contributed by atoms with Gasteiger partial charge in [0, 0.05) is 19.6 Å². The third-order valence-electron chi connectivity index (χ3n) is 4.04. The summed E-state index contributed by atoms with van der Waals surface area (Å²) in [6.07, 6.45) is 2.75. The van der Waals surface area contributed by atoms with Gasteiger partial charge in [-0.3, -0.25) is 0 Å². The number of aryl methyl sites for hydroxylation is 1. The predicted octanol–water partition coefficient (Wildman–Crippen LogP) is 1.10. The van der Waals surface area contributed by atoms with Crippen molar-refractivity contribution in [3.63, 3.8) is 0 Å². The second-order valence-electron chi connectivity index (χ2n) is 5.80. The fourth-order valence-corrected chi connectivity index (χ4v) is 5.36. The summed E-state index contributed by atoms with van der Waals surface area (Å²) in [7, 11) is -5.66. The standard InChI is InChI=1S/C15H24N2O5S2/c1-13-12-14(6-7-15(13)22-2)24(20,21)16-8-11-23(18,19)17-9-4-3-5-10-17/h6-7,12,16H,3-5,8-11H2,1-2H3. The molecule has 0 spiro atoms. The Bertz CT molecular complexity index is 769. The third kappa shape index (κ3) is 4.69. The number of nitrogens with zero attached hydrogens (tertiary/aromatic N) is 1. The highest BCUT2D eigenvalue weighted by molar-refractivity contribution is 7.90. The van der Waals surface area contributed by atoms with Crippen LogP contribution in [-0.4, -0.2) is 53.6 Å². The zero-order valence-corrected chi connectivity index (χ0v) is 15.6. The summed E-state index contributed by atoms with van der Waals surface area (Å²) in [5.74, 6) is 0.364. The van der Waals surface area contributed by atoms with E-state index in [9.17, 15) is 16.8 Å². The summed E-state index contributed by atoms with van der Waals surface area (Å²) in [5.41, 5.74) is 0.696. The molecular weight excluding hydrogens is 352 g/mol. The summed E-state index contributed by atoms with van der Waals surface area (Å²) in [6, 6.07) is 4.52. The number of piperidine rings is 1. The molecule has 1 aromatic rings. The van der Waals surface area contributed by atoms with Gasteiger partial charge < -0.3 is 4.74 Å². The van der Waals surface area contributed by atoms with Crippen molar-refractivity contribution in [3.05, 3.63) is 23.8 Å². The summed E-state index contributed by atoms with van der Waals surface area (Å²) in [5, 5.41) is 0. The van der Waals surface area contributed by atoms with E-state index < -0.39 is 20.0 Å². The largest absolute Gasteiger partial charge is 0.496 e. The van der Waals surface area contributed by atoms with Crippen molar-refractivity contribution in [1.82, 2.24) is 9.03 Å². The number of hydrogen-bond donors (Lipinski definition) is 1. The molecule has 1 aliphatic heterocycles. The fourth-order valence-electron chi connectivity index (χ4n) is 2.68. The van der Waals surface area contributed by atoms with Gasteiger partial charge in [0.1, 0.15) is 5.75 Å². The quantitative estimate of drug-likeness (QED) is 0.769. The molecule has 0 aromatic heterocycles. The van der Waals surface area contributed by atoms with Gasteiger partial charge in [0.25, 0.3) is 0 Å². The number of hydrogen-bond acceptors (Lipinski definition) is 5. The maximum Gasteiger partial charge on any atom is 0.240 e. The van der Waals surface area contributed by atoms with Crippen molar-refractivity contribution in [3.8, 4) is 5.75 Å². The maximum atomic E-state index is 12.3. The molecule has 0 saturated carbocycles. The van der Waals surface area contributed by atoms with Crippen LogP contribution in [0.25, 0.3) is 0 Å². The van der Waals surface area contributed by atoms with E-state index in [1.165, 1.54) is 23.5 Å². The lowest BCUT2D eigenvalue weighted by Gasteiger charge is -2.25. The molecule has 2 rings (SSSR count). The molecule has 1 fully saturated rings. The van der Waals surface area contributed by atoms with Crippen molar-refractivity contribution >= 4 is 20.0 Å². The lowest BCUT2D eigenvalue weighted by atomic mass is 10.2. The molecule has 1 saturated heterocycles. The number of sulfonamides is 2. The Morgan fingerprint density at radius 3 is 2.38 bits per heavy atom. The molecule has 1 N–H and O–H groups in total. The van der Waals surface area contributed by atoms with Crippen LogP contribution < -0.4 is 9.46 Å². The zero-order chi connectivity index (χ0) is 17.8. The van der Waals surface area contributed by atoms with Crippen LogP contribution in [-0.2, 0) is 20.0 Å². The van der Waals surface area contributed by atoms with E-state index in [0.29, 0.717) is 24.4 Å². The molecule has 0 aliphatic carbocycles. The summed E-state index contributed by atoms with van der Waals surface area (Å²) in [6.45, 7) is 2.64. The molecule has 0 unspecified atom stereocenters. The van der Waals surface area contributed by atoms with Crippen molar-refractivity contribution < 1.29 is 21.6 Å². The van der Waals surface area contributed by atoms with Gasteiger partial charge in [0.05, 0.1) is 17.8 Å². The monoisotopic (exact) mass is 376 g/mol. The van der Waals surface area contributed by atoms with Crippen molar-refractivity contribution in [2.75, 3.05) is 32.5 Å². The Morgan fingerprint density at radius 2 is 1.79 bits per heavy atom. The number of ether oxygens (including phenoxy) is 1. The molecule has 0 bridgehead atoms. The minimum Gasteiger partial charge on any atom is -0.496 e. The Kier molecular flexibility index (Phi) is 6.24. The number of methoxy groups -OCH3 is 1. The molecule has 24 heavy (non-hydrogen) atoms. The second kappa shape index (κ2) is 7.81. The van der Waals surface area contributed by atoms with Crippen LogP contribution in [0.15, 0.2) is 23.1 Å². The Morgan fingerprint density at radius 1 is 1.12 bits per heavy atom. The van der Waals surface area contributed by atoms with Crippen molar-refractivity contribution in [2.45, 2.75) is 31.1 Å². The first-order valence-corrected chi connectivity index (χ1v) is 11.0. The van der Waals surface area contributed by atoms with Gasteiger partial charge in [-0.1, -0.05) is 6.42 Å². The van der Waals surface area contributed by atoms with Gasteiger partial charge in [-0.2, -0.15) is 0 Å². The highest BCUT2D eigenvalue weighted by atomic mass is 32.2. The molecule has 1 heterocycles. The van der Waals surface area contributed by atoms with E-state index in [1.54, 1.807) is 13.0 Å². The van der Waals surface area contributed by atoms with Crippen LogP contribution in [0.4, 0.5) is 0 Å². The molecule has 1 aliphatic rings. The molecule has 1 aromatic carbocycles. The van der Waals surface area contributed by atoms with Gasteiger partial charge in [-0.15, -0.1) is 0 Å². The molecular formula is C15H24N2O5S2. The first-order chi connectivity index (χ1) is 11.3. The lowest BCUT2D eigenvalue weighted by molar-refractivity contribution is 0.346. The molecule has 0 amide bonds. The molecule has 0 atom stereocenters. The first kappa shape index (κ1) is 19.2. The van der Waals surface area contributed by atoms with Crippen LogP contribution in [0, 0.1) is 6.92 Å². The summed E-state index contributed by atoms with van der Waals surface area (Å²) in [4.78, 5) is 0.0937. The van der Waals surface area contributed by atoms with E-state index in [2.05, 4.69) is 4.72 Å². The Labute approximate surface area is 144 Å². The smallest absolute Gasteiger partial charge is 0.240 e. The topological polar surface area (TPSA) is 92.8 Å². The van der Waals surface area contributed by atoms with Crippen LogP contribution in [0.1, 0.15) is 24.8 Å².